The minimum Gasteiger partial charge on any atom is -0.477 e. The lowest BCUT2D eigenvalue weighted by molar-refractivity contribution is -0.150. The second-order valence-corrected chi connectivity index (χ2v) is 11.9. The van der Waals surface area contributed by atoms with E-state index in [9.17, 15) is 28.7 Å². The van der Waals surface area contributed by atoms with Crippen LogP contribution in [-0.4, -0.2) is 78.0 Å². The highest BCUT2D eigenvalue weighted by Crippen LogP contribution is 2.41. The van der Waals surface area contributed by atoms with Crippen LogP contribution in [-0.2, 0) is 25.7 Å². The van der Waals surface area contributed by atoms with Crippen LogP contribution < -0.4 is 5.32 Å². The minimum absolute atomic E-state index is 0.140. The highest BCUT2D eigenvalue weighted by molar-refractivity contribution is 8.00. The van der Waals surface area contributed by atoms with Crippen molar-refractivity contribution in [2.24, 2.45) is 0 Å². The molecule has 3 N–H and O–H groups in total. The molecule has 3 aliphatic rings. The molecule has 0 unspecified atom stereocenters. The zero-order valence-corrected chi connectivity index (χ0v) is 24.4. The van der Waals surface area contributed by atoms with Crippen molar-refractivity contribution in [3.05, 3.63) is 108 Å². The molecule has 0 aliphatic carbocycles. The summed E-state index contributed by atoms with van der Waals surface area (Å²) >= 11 is 2.71. The number of allylic oxidation sites excluding steroid dienone is 1. The molecule has 43 heavy (non-hydrogen) atoms. The molecule has 10 nitrogen and oxygen atoms in total. The lowest BCUT2D eigenvalue weighted by Crippen LogP contribution is -2.70. The smallest absolute Gasteiger partial charge is 0.352 e. The predicted octanol–water partition coefficient (Wildman–Crippen LogP) is 3.43. The van der Waals surface area contributed by atoms with Gasteiger partial charge in [-0.25, -0.2) is 14.2 Å². The molecule has 3 aromatic rings. The van der Waals surface area contributed by atoms with Gasteiger partial charge in [0.15, 0.2) is 0 Å². The maximum atomic E-state index is 13.2. The van der Waals surface area contributed by atoms with Crippen LogP contribution in [0.15, 0.2) is 101 Å². The van der Waals surface area contributed by atoms with Crippen LogP contribution in [0.5, 0.6) is 0 Å². The van der Waals surface area contributed by atoms with Crippen LogP contribution in [0, 0.1) is 5.82 Å². The molecule has 222 valence electrons. The summed E-state index contributed by atoms with van der Waals surface area (Å²) < 4.78 is 13.2. The van der Waals surface area contributed by atoms with Gasteiger partial charge in [-0.1, -0.05) is 30.3 Å². The third-order valence-corrected chi connectivity index (χ3v) is 9.20. The number of nitrogens with one attached hydrogen (secondary N) is 2. The molecule has 0 bridgehead atoms. The maximum absolute atomic E-state index is 13.2. The number of carboxylic acids is 1. The number of hydrogen-bond donors (Lipinski definition) is 3. The number of halogens is 1. The fourth-order valence-corrected chi connectivity index (χ4v) is 6.86. The molecule has 13 heteroatoms. The Morgan fingerprint density at radius 3 is 2.58 bits per heavy atom. The second-order valence-electron chi connectivity index (χ2n) is 9.77. The quantitative estimate of drug-likeness (QED) is 0.198. The van der Waals surface area contributed by atoms with Crippen molar-refractivity contribution in [1.82, 2.24) is 25.1 Å². The summed E-state index contributed by atoms with van der Waals surface area (Å²) in [4.78, 5) is 60.7. The van der Waals surface area contributed by atoms with Crippen molar-refractivity contribution in [3.63, 3.8) is 0 Å². The summed E-state index contributed by atoms with van der Waals surface area (Å²) in [7, 11) is 0. The van der Waals surface area contributed by atoms with E-state index in [1.165, 1.54) is 40.6 Å². The fraction of sp³-hybridized carbons (Fsp3) is 0.233. The number of aliphatic carboxylic acids is 1. The van der Waals surface area contributed by atoms with Crippen molar-refractivity contribution in [2.45, 2.75) is 29.3 Å². The molecule has 0 saturated carbocycles. The molecule has 2 atom stereocenters. The van der Waals surface area contributed by atoms with Gasteiger partial charge in [-0.3, -0.25) is 19.3 Å². The molecule has 1 aromatic heterocycles. The van der Waals surface area contributed by atoms with E-state index in [-0.39, 0.29) is 34.8 Å². The Bertz CT molecular complexity index is 1530. The number of likely N-dealkylation sites (tertiary alicyclic amines) is 1. The normalized spacial score (nSPS) is 20.3. The molecular formula is C30H28FN5O5S2. The number of benzene rings is 2. The Labute approximate surface area is 255 Å². The predicted molar refractivity (Wildman–Crippen MR) is 160 cm³/mol. The van der Waals surface area contributed by atoms with Gasteiger partial charge in [0.05, 0.1) is 12.1 Å². The molecule has 2 fully saturated rings. The number of β-lactam (4-membered cyclic amide) rings is 1. The van der Waals surface area contributed by atoms with Crippen LogP contribution in [0.3, 0.4) is 0 Å². The van der Waals surface area contributed by atoms with Crippen molar-refractivity contribution in [3.8, 4) is 0 Å². The summed E-state index contributed by atoms with van der Waals surface area (Å²) in [6.45, 7) is 0.790. The lowest BCUT2D eigenvalue weighted by atomic mass is 10.0. The van der Waals surface area contributed by atoms with Gasteiger partial charge in [-0.15, -0.1) is 23.5 Å². The number of aromatic amines is 1. The van der Waals surface area contributed by atoms with Gasteiger partial charge in [-0.2, -0.15) is 0 Å². The van der Waals surface area contributed by atoms with Crippen molar-refractivity contribution in [1.29, 1.82) is 0 Å². The zero-order chi connectivity index (χ0) is 30.3. The number of carbonyl (C=O) groups is 4. The number of aromatic nitrogens is 2. The van der Waals surface area contributed by atoms with Crippen molar-refractivity contribution >= 4 is 47.2 Å². The van der Waals surface area contributed by atoms with Gasteiger partial charge in [0, 0.05) is 41.7 Å². The SMILES string of the molecule is O=C(CSc1ccccc1)N[C@@H]1C(=O)N2C(C(=O)O)=C(C=C3CCN(Cc4ccc(F)cc4)C3=O)CS[C@H]12.c1c[nH]cn1. The van der Waals surface area contributed by atoms with Crippen LogP contribution >= 0.6 is 23.5 Å². The summed E-state index contributed by atoms with van der Waals surface area (Å²) in [6, 6.07) is 14.5. The number of thioether (sulfide) groups is 2. The zero-order valence-electron chi connectivity index (χ0n) is 22.8. The van der Waals surface area contributed by atoms with E-state index in [0.29, 0.717) is 30.7 Å². The first-order valence-electron chi connectivity index (χ1n) is 13.4. The van der Waals surface area contributed by atoms with E-state index in [4.69, 9.17) is 0 Å². The van der Waals surface area contributed by atoms with Gasteiger partial charge in [-0.05, 0) is 47.9 Å². The Balaban J connectivity index is 0.000000668. The molecule has 3 aliphatic heterocycles. The number of amides is 3. The molecular weight excluding hydrogens is 593 g/mol. The lowest BCUT2D eigenvalue weighted by Gasteiger charge is -2.49. The highest BCUT2D eigenvalue weighted by atomic mass is 32.2. The Morgan fingerprint density at radius 1 is 1.16 bits per heavy atom. The van der Waals surface area contributed by atoms with E-state index in [1.807, 2.05) is 30.3 Å². The minimum atomic E-state index is -1.26. The van der Waals surface area contributed by atoms with E-state index in [0.717, 1.165) is 10.5 Å². The maximum Gasteiger partial charge on any atom is 0.352 e. The van der Waals surface area contributed by atoms with Gasteiger partial charge in [0.25, 0.3) is 5.91 Å². The molecule has 3 amide bonds. The monoisotopic (exact) mass is 621 g/mol. The van der Waals surface area contributed by atoms with E-state index in [2.05, 4.69) is 15.3 Å². The van der Waals surface area contributed by atoms with Crippen LogP contribution in [0.25, 0.3) is 0 Å². The Morgan fingerprint density at radius 2 is 1.93 bits per heavy atom. The summed E-state index contributed by atoms with van der Waals surface area (Å²) in [5.74, 6) is -2.18. The third-order valence-electron chi connectivity index (χ3n) is 6.88. The Kier molecular flexibility index (Phi) is 9.62. The van der Waals surface area contributed by atoms with Crippen LogP contribution in [0.1, 0.15) is 12.0 Å². The number of rotatable bonds is 8. The number of carboxylic acid groups (broad SMARTS) is 1. The summed E-state index contributed by atoms with van der Waals surface area (Å²) in [6.07, 6.45) is 7.10. The molecule has 4 heterocycles. The number of hydrogen-bond acceptors (Lipinski definition) is 7. The molecule has 0 radical (unpaired) electrons. The number of H-pyrrole nitrogens is 1. The van der Waals surface area contributed by atoms with Gasteiger partial charge < -0.3 is 20.3 Å². The van der Waals surface area contributed by atoms with Crippen molar-refractivity contribution < 1.29 is 28.7 Å². The molecule has 2 aromatic carbocycles. The largest absolute Gasteiger partial charge is 0.477 e. The van der Waals surface area contributed by atoms with Crippen LogP contribution in [0.2, 0.25) is 0 Å². The standard InChI is InChI=1S/C27H24FN3O5S2.C3H4N2/c28-19-8-6-16(7-9-19)13-30-11-10-17(24(30)33)12-18-14-38-26-22(25(34)31(26)23(18)27(35)36)29-21(32)15-37-20-4-2-1-3-5-20;1-2-5-3-4-1/h1-9,12,22,26H,10-11,13-15H2,(H,29,32)(H,35,36);1-3H,(H,4,5)/t22-,26-;/m1./s1. The number of carbonyl (C=O) groups excluding carboxylic acids is 3. The molecule has 2 saturated heterocycles. The number of imidazole rings is 1. The summed E-state index contributed by atoms with van der Waals surface area (Å²) in [5, 5.41) is 12.1. The first-order chi connectivity index (χ1) is 20.8. The average molecular weight is 622 g/mol. The summed E-state index contributed by atoms with van der Waals surface area (Å²) in [5.41, 5.74) is 1.50. The Hall–Kier alpha value is -4.36. The van der Waals surface area contributed by atoms with Crippen LogP contribution in [0.4, 0.5) is 4.39 Å². The second kappa shape index (κ2) is 13.7. The highest BCUT2D eigenvalue weighted by Gasteiger charge is 2.54. The molecule has 0 spiro atoms. The average Bonchev–Trinajstić information content (AvgIpc) is 3.71. The fourth-order valence-electron chi connectivity index (χ4n) is 4.82. The number of fused-ring (bicyclic) bond motifs is 1. The van der Waals surface area contributed by atoms with Gasteiger partial charge in [0.2, 0.25) is 11.8 Å². The van der Waals surface area contributed by atoms with E-state index >= 15 is 0 Å². The van der Waals surface area contributed by atoms with Crippen molar-refractivity contribution in [2.75, 3.05) is 18.1 Å². The van der Waals surface area contributed by atoms with E-state index in [1.54, 1.807) is 41.8 Å². The molecule has 6 rings (SSSR count). The first kappa shape index (κ1) is 30.1. The topological polar surface area (TPSA) is 136 Å². The first-order valence-corrected chi connectivity index (χ1v) is 15.4. The van der Waals surface area contributed by atoms with E-state index < -0.39 is 23.3 Å². The third kappa shape index (κ3) is 7.17. The van der Waals surface area contributed by atoms with Gasteiger partial charge >= 0.3 is 5.97 Å². The number of nitrogens with zero attached hydrogens (tertiary/aromatic N) is 3. The van der Waals surface area contributed by atoms with Gasteiger partial charge in [0.1, 0.15) is 22.9 Å².